The summed E-state index contributed by atoms with van der Waals surface area (Å²) in [6.07, 6.45) is 7.24. The van der Waals surface area contributed by atoms with Crippen LogP contribution in [0, 0.1) is 5.92 Å². The first-order valence-corrected chi connectivity index (χ1v) is 27.7. The predicted molar refractivity (Wildman–Crippen MR) is 263 cm³/mol. The van der Waals surface area contributed by atoms with Crippen molar-refractivity contribution in [1.82, 2.24) is 25.1 Å². The molecule has 4 saturated heterocycles. The van der Waals surface area contributed by atoms with Crippen molar-refractivity contribution in [2.45, 2.75) is 144 Å². The van der Waals surface area contributed by atoms with Gasteiger partial charge >= 0.3 is 13.5 Å². The highest BCUT2D eigenvalue weighted by molar-refractivity contribution is 7.57. The van der Waals surface area contributed by atoms with Crippen molar-refractivity contribution in [3.63, 3.8) is 0 Å². The Morgan fingerprint density at radius 3 is 2.37 bits per heavy atom. The number of fused-ring (bicyclic) bond motifs is 2. The molecular weight excluding hydrogens is 936 g/mol. The number of rotatable bonds is 15. The molecule has 4 aromatic rings. The van der Waals surface area contributed by atoms with E-state index in [0.29, 0.717) is 79.7 Å². The number of alkyl halides is 2. The topological polar surface area (TPSA) is 147 Å². The average Bonchev–Trinajstić information content (AvgIpc) is 3.63. The van der Waals surface area contributed by atoms with Crippen LogP contribution in [0.4, 0.5) is 8.78 Å². The predicted octanol–water partition coefficient (Wildman–Crippen LogP) is 9.08. The number of hydrogen-bond acceptors (Lipinski definition) is 10. The van der Waals surface area contributed by atoms with Crippen LogP contribution in [0.5, 0.6) is 5.75 Å². The molecule has 17 heteroatoms. The van der Waals surface area contributed by atoms with Crippen molar-refractivity contribution in [2.75, 3.05) is 33.4 Å². The number of carbonyl (C=O) groups is 4. The Morgan fingerprint density at radius 1 is 0.929 bits per heavy atom. The van der Waals surface area contributed by atoms with Gasteiger partial charge in [-0.3, -0.25) is 23.7 Å². The van der Waals surface area contributed by atoms with Crippen molar-refractivity contribution in [1.29, 1.82) is 0 Å². The fraction of sp³-hybridized carbons (Fsp3) is 0.547. The molecule has 2 saturated carbocycles. The molecule has 5 heterocycles. The Morgan fingerprint density at radius 2 is 1.66 bits per heavy atom. The summed E-state index contributed by atoms with van der Waals surface area (Å²) >= 11 is 1.18. The maximum Gasteiger partial charge on any atom is 0.355 e. The number of benzene rings is 3. The summed E-state index contributed by atoms with van der Waals surface area (Å²) in [5.41, 5.74) is 1.05. The van der Waals surface area contributed by atoms with Gasteiger partial charge in [0.15, 0.2) is 0 Å². The number of hydrogen-bond donors (Lipinski definition) is 2. The van der Waals surface area contributed by atoms with Crippen LogP contribution in [-0.2, 0) is 28.4 Å². The minimum absolute atomic E-state index is 0.0121. The van der Waals surface area contributed by atoms with E-state index in [1.807, 2.05) is 25.2 Å². The van der Waals surface area contributed by atoms with E-state index in [2.05, 4.69) is 32.3 Å². The van der Waals surface area contributed by atoms with E-state index in [4.69, 9.17) is 14.0 Å². The van der Waals surface area contributed by atoms with E-state index in [-0.39, 0.29) is 65.2 Å². The lowest BCUT2D eigenvalue weighted by Gasteiger charge is -2.45. The molecule has 4 aliphatic heterocycles. The number of thiophene rings is 1. The van der Waals surface area contributed by atoms with Crippen LogP contribution in [0.25, 0.3) is 10.1 Å². The van der Waals surface area contributed by atoms with Gasteiger partial charge in [0.1, 0.15) is 30.0 Å². The number of amides is 3. The summed E-state index contributed by atoms with van der Waals surface area (Å²) in [6.45, 7) is 3.41. The van der Waals surface area contributed by atoms with Crippen molar-refractivity contribution < 1.29 is 46.5 Å². The van der Waals surface area contributed by atoms with Gasteiger partial charge in [-0.25, -0.2) is 13.9 Å². The summed E-state index contributed by atoms with van der Waals surface area (Å²) in [5.74, 6) is -3.15. The minimum Gasteiger partial charge on any atom is -0.464 e. The maximum atomic E-state index is 16.9. The Bertz CT molecular complexity index is 2590. The summed E-state index contributed by atoms with van der Waals surface area (Å²) < 4.78 is 63.2. The molecule has 3 amide bonds. The molecular formula is C53H64F2N5O8PS. The van der Waals surface area contributed by atoms with Crippen LogP contribution in [0.3, 0.4) is 0 Å². The molecule has 70 heavy (non-hydrogen) atoms. The van der Waals surface area contributed by atoms with Gasteiger partial charge < -0.3 is 34.0 Å². The second-order valence-electron chi connectivity index (χ2n) is 20.6. The molecule has 1 spiro atoms. The zero-order chi connectivity index (χ0) is 48.7. The first kappa shape index (κ1) is 48.9. The number of likely N-dealkylation sites (tertiary alicyclic amines) is 1. The Kier molecular flexibility index (Phi) is 14.3. The first-order valence-electron chi connectivity index (χ1n) is 25.2. The third-order valence-corrected chi connectivity index (χ3v) is 19.2. The summed E-state index contributed by atoms with van der Waals surface area (Å²) in [7, 11) is -2.49. The van der Waals surface area contributed by atoms with Crippen LogP contribution in [0.1, 0.15) is 117 Å². The molecule has 0 bridgehead atoms. The molecule has 0 radical (unpaired) electrons. The van der Waals surface area contributed by atoms with Gasteiger partial charge in [0.25, 0.3) is 5.91 Å². The van der Waals surface area contributed by atoms with Crippen LogP contribution < -0.4 is 14.9 Å². The molecule has 6 fully saturated rings. The molecule has 2 N–H and O–H groups in total. The minimum atomic E-state index is -4.52. The number of halogens is 2. The summed E-state index contributed by atoms with van der Waals surface area (Å²) in [4.78, 5) is 63.7. The number of esters is 1. The van der Waals surface area contributed by atoms with E-state index in [1.165, 1.54) is 36.0 Å². The van der Waals surface area contributed by atoms with Crippen LogP contribution in [-0.4, -0.2) is 120 Å². The normalized spacial score (nSPS) is 28.3. The van der Waals surface area contributed by atoms with Gasteiger partial charge in [-0.1, -0.05) is 54.6 Å². The lowest BCUT2D eigenvalue weighted by atomic mass is 9.86. The molecule has 13 nitrogen and oxygen atoms in total. The zero-order valence-corrected chi connectivity index (χ0v) is 41.6. The van der Waals surface area contributed by atoms with Gasteiger partial charge in [-0.05, 0) is 144 Å². The van der Waals surface area contributed by atoms with Gasteiger partial charge in [-0.2, -0.15) is 0 Å². The first-order chi connectivity index (χ1) is 33.8. The zero-order valence-electron chi connectivity index (χ0n) is 39.9. The quantitative estimate of drug-likeness (QED) is 0.0874. The Hall–Kier alpha value is -4.73. The third kappa shape index (κ3) is 10.2. The van der Waals surface area contributed by atoms with Gasteiger partial charge in [-0.15, -0.1) is 11.3 Å². The number of ether oxygens (including phenoxy) is 2. The molecule has 8 atom stereocenters. The Balaban J connectivity index is 0.870. The third-order valence-electron chi connectivity index (χ3n) is 16.0. The summed E-state index contributed by atoms with van der Waals surface area (Å²) in [5, 5.41) is 6.24. The van der Waals surface area contributed by atoms with E-state index in [0.717, 1.165) is 32.1 Å². The number of para-hydroxylation sites is 1. The van der Waals surface area contributed by atoms with Crippen LogP contribution in [0.2, 0.25) is 0 Å². The second kappa shape index (κ2) is 20.4. The van der Waals surface area contributed by atoms with E-state index in [1.54, 1.807) is 47.4 Å². The van der Waals surface area contributed by atoms with Crippen LogP contribution in [0.15, 0.2) is 84.9 Å². The van der Waals surface area contributed by atoms with Gasteiger partial charge in [0.05, 0.1) is 11.5 Å². The molecule has 1 aromatic heterocycles. The van der Waals surface area contributed by atoms with E-state index < -0.39 is 49.6 Å². The standard InChI is InChI=1S/C53H64F2N5O8PS/c1-33(52(64)67-32-34-19-23-66-24-20-34)57-69(65,68-43-11-7-4-8-12-43)48(55)36-13-18-46-37(25-36)26-47(70-46)49(61)56-44-16-14-40(58(2)42-27-39(54)28-42)29-41-15-17-45(60(41)50(44)62)51(63)59-31-38(30-53(59)21-22-53)35-9-5-3-6-10-35/h3-13,18,25-26,33-34,38-42,44-45,48H,14-17,19-24,27-32H2,1-2H3,(H,56,61)(H,57,65)/t33-,38+,39?,40-,41+,42?,44-,45-,48+,69?/m0/s1. The van der Waals surface area contributed by atoms with E-state index in [9.17, 15) is 28.1 Å². The highest BCUT2D eigenvalue weighted by atomic mass is 32.1. The molecule has 6 aliphatic rings. The van der Waals surface area contributed by atoms with Gasteiger partial charge in [0.2, 0.25) is 17.7 Å². The average molecular weight is 1000 g/mol. The molecule has 2 aliphatic carbocycles. The molecule has 3 aromatic carbocycles. The van der Waals surface area contributed by atoms with Gasteiger partial charge in [0, 0.05) is 54.0 Å². The van der Waals surface area contributed by atoms with Crippen molar-refractivity contribution in [3.8, 4) is 5.75 Å². The fourth-order valence-corrected chi connectivity index (χ4v) is 14.5. The molecule has 10 rings (SSSR count). The SMILES string of the molecule is C[C@H](NP(=O)(Oc1ccccc1)[C@@H](F)c1ccc2sc(C(=O)N[C@H]3CC[C@H](N(C)C4CC(F)C4)C[C@H]4CC[C@@H](C(=O)N5C[C@H](c6ccccc6)CC56CC6)N4C3=O)cc2c1)C(=O)OCC1CCOCC1. The number of carbonyl (C=O) groups excluding carboxylic acids is 4. The maximum absolute atomic E-state index is 16.9. The second-order valence-corrected chi connectivity index (χ2v) is 23.8. The fourth-order valence-electron chi connectivity index (χ4n) is 11.6. The largest absolute Gasteiger partial charge is 0.464 e. The Labute approximate surface area is 412 Å². The van der Waals surface area contributed by atoms with Crippen LogP contribution >= 0.6 is 18.9 Å². The van der Waals surface area contributed by atoms with Crippen molar-refractivity contribution in [2.24, 2.45) is 5.92 Å². The number of nitrogens with zero attached hydrogens (tertiary/aromatic N) is 3. The molecule has 1 unspecified atom stereocenters. The lowest BCUT2D eigenvalue weighted by Crippen LogP contribution is -2.59. The van der Waals surface area contributed by atoms with Crippen molar-refractivity contribution in [3.05, 3.63) is 101 Å². The number of nitrogens with one attached hydrogen (secondary N) is 2. The monoisotopic (exact) mass is 999 g/mol. The lowest BCUT2D eigenvalue weighted by molar-refractivity contribution is -0.148. The molecule has 374 valence electrons. The van der Waals surface area contributed by atoms with E-state index >= 15 is 4.39 Å². The van der Waals surface area contributed by atoms with Crippen molar-refractivity contribution >= 4 is 52.6 Å². The highest BCUT2D eigenvalue weighted by Gasteiger charge is 2.59. The summed E-state index contributed by atoms with van der Waals surface area (Å²) in [6, 6.07) is 22.0. The highest BCUT2D eigenvalue weighted by Crippen LogP contribution is 2.58. The smallest absolute Gasteiger partial charge is 0.355 e.